The van der Waals surface area contributed by atoms with Gasteiger partial charge in [-0.2, -0.15) is 0 Å². The van der Waals surface area contributed by atoms with E-state index in [-0.39, 0.29) is 24.3 Å². The molecule has 0 bridgehead atoms. The molecule has 0 amide bonds. The summed E-state index contributed by atoms with van der Waals surface area (Å²) in [5.41, 5.74) is 0.498. The molecule has 17 heavy (non-hydrogen) atoms. The number of carbonyl (C=O) groups is 1. The Bertz CT molecular complexity index is 424. The van der Waals surface area contributed by atoms with E-state index in [0.717, 1.165) is 0 Å². The monoisotopic (exact) mass is 307 g/mol. The van der Waals surface area contributed by atoms with Gasteiger partial charge >= 0.3 is 5.97 Å². The highest BCUT2D eigenvalue weighted by molar-refractivity contribution is 9.10. The number of halogens is 3. The topological polar surface area (TPSA) is 39.2 Å². The van der Waals surface area contributed by atoms with Crippen LogP contribution in [0.3, 0.4) is 0 Å². The minimum Gasteiger partial charge on any atom is -0.466 e. The van der Waals surface area contributed by atoms with Crippen molar-refractivity contribution in [2.45, 2.75) is 26.7 Å². The molecule has 0 aliphatic carbocycles. The van der Waals surface area contributed by atoms with Gasteiger partial charge in [-0.05, 0) is 35.8 Å². The average Bonchev–Trinajstić information content (AvgIpc) is 2.22. The molecule has 0 saturated carbocycles. The summed E-state index contributed by atoms with van der Waals surface area (Å²) < 4.78 is 30.3. The van der Waals surface area contributed by atoms with Crippen molar-refractivity contribution < 1.29 is 18.3 Å². The summed E-state index contributed by atoms with van der Waals surface area (Å²) in [6.45, 7) is 3.47. The third-order valence-electron chi connectivity index (χ3n) is 2.13. The Morgan fingerprint density at radius 1 is 1.59 bits per heavy atom. The zero-order valence-corrected chi connectivity index (χ0v) is 11.1. The van der Waals surface area contributed by atoms with E-state index in [9.17, 15) is 13.6 Å². The highest BCUT2D eigenvalue weighted by Gasteiger charge is 2.16. The van der Waals surface area contributed by atoms with Gasteiger partial charge in [-0.3, -0.25) is 9.78 Å². The molecule has 0 N–H and O–H groups in total. The first-order chi connectivity index (χ1) is 7.95. The van der Waals surface area contributed by atoms with E-state index in [2.05, 4.69) is 20.9 Å². The van der Waals surface area contributed by atoms with Gasteiger partial charge in [0.05, 0.1) is 18.7 Å². The van der Waals surface area contributed by atoms with E-state index in [1.165, 1.54) is 13.0 Å². The molecule has 0 atom stereocenters. The highest BCUT2D eigenvalue weighted by Crippen LogP contribution is 2.26. The Hall–Kier alpha value is -1.04. The maximum absolute atomic E-state index is 12.6. The summed E-state index contributed by atoms with van der Waals surface area (Å²) in [6.07, 6.45) is -2.60. The zero-order chi connectivity index (χ0) is 13.0. The standard InChI is InChI=1S/C11H12BrF2NO2/c1-3-17-10(16)5-9-8(12)4-7(11(13)14)6(2)15-9/h4,11H,3,5H2,1-2H3. The Morgan fingerprint density at radius 3 is 2.76 bits per heavy atom. The first kappa shape index (κ1) is 14.0. The van der Waals surface area contributed by atoms with Crippen molar-refractivity contribution in [3.8, 4) is 0 Å². The van der Waals surface area contributed by atoms with Gasteiger partial charge in [0.15, 0.2) is 0 Å². The van der Waals surface area contributed by atoms with E-state index in [1.807, 2.05) is 0 Å². The maximum atomic E-state index is 12.6. The second-order valence-corrected chi connectivity index (χ2v) is 4.23. The Morgan fingerprint density at radius 2 is 2.24 bits per heavy atom. The number of ether oxygens (including phenoxy) is 1. The Labute approximate surface area is 106 Å². The van der Waals surface area contributed by atoms with Crippen molar-refractivity contribution in [2.24, 2.45) is 0 Å². The van der Waals surface area contributed by atoms with Crippen molar-refractivity contribution in [1.82, 2.24) is 4.98 Å². The summed E-state index contributed by atoms with van der Waals surface area (Å²) in [5.74, 6) is -0.426. The normalized spacial score (nSPS) is 10.7. The number of hydrogen-bond donors (Lipinski definition) is 0. The molecule has 0 spiro atoms. The molecule has 1 heterocycles. The molecular formula is C11H12BrF2NO2. The fraction of sp³-hybridized carbons (Fsp3) is 0.455. The molecule has 1 rings (SSSR count). The van der Waals surface area contributed by atoms with Gasteiger partial charge in [0.1, 0.15) is 0 Å². The van der Waals surface area contributed by atoms with Crippen LogP contribution in [0.5, 0.6) is 0 Å². The van der Waals surface area contributed by atoms with E-state index in [1.54, 1.807) is 6.92 Å². The lowest BCUT2D eigenvalue weighted by Gasteiger charge is -2.09. The minimum absolute atomic E-state index is 0.0290. The lowest BCUT2D eigenvalue weighted by Crippen LogP contribution is -2.10. The van der Waals surface area contributed by atoms with Crippen LogP contribution in [0.2, 0.25) is 0 Å². The summed E-state index contributed by atoms with van der Waals surface area (Å²) >= 11 is 3.13. The number of nitrogens with zero attached hydrogens (tertiary/aromatic N) is 1. The van der Waals surface area contributed by atoms with Gasteiger partial charge in [-0.25, -0.2) is 8.78 Å². The number of rotatable bonds is 4. The van der Waals surface area contributed by atoms with Crippen LogP contribution in [0.1, 0.15) is 30.3 Å². The molecule has 0 aliphatic heterocycles. The molecular weight excluding hydrogens is 296 g/mol. The van der Waals surface area contributed by atoms with Crippen LogP contribution in [0.4, 0.5) is 8.78 Å². The molecule has 0 aliphatic rings. The molecule has 0 unspecified atom stereocenters. The van der Waals surface area contributed by atoms with Crippen LogP contribution in [0.15, 0.2) is 10.5 Å². The Balaban J connectivity index is 2.95. The second-order valence-electron chi connectivity index (χ2n) is 3.37. The van der Waals surface area contributed by atoms with Crippen molar-refractivity contribution >= 4 is 21.9 Å². The lowest BCUT2D eigenvalue weighted by atomic mass is 10.1. The van der Waals surface area contributed by atoms with Crippen LogP contribution in [-0.2, 0) is 16.0 Å². The number of carbonyl (C=O) groups excluding carboxylic acids is 1. The fourth-order valence-corrected chi connectivity index (χ4v) is 1.81. The van der Waals surface area contributed by atoms with Gasteiger partial charge < -0.3 is 4.74 Å². The largest absolute Gasteiger partial charge is 0.466 e. The third kappa shape index (κ3) is 3.73. The lowest BCUT2D eigenvalue weighted by molar-refractivity contribution is -0.142. The predicted octanol–water partition coefficient (Wildman–Crippen LogP) is 3.20. The van der Waals surface area contributed by atoms with Crippen LogP contribution >= 0.6 is 15.9 Å². The molecule has 0 radical (unpaired) electrons. The zero-order valence-electron chi connectivity index (χ0n) is 9.47. The third-order valence-corrected chi connectivity index (χ3v) is 2.82. The molecule has 6 heteroatoms. The van der Waals surface area contributed by atoms with Crippen molar-refractivity contribution in [2.75, 3.05) is 6.61 Å². The first-order valence-electron chi connectivity index (χ1n) is 5.05. The SMILES string of the molecule is CCOC(=O)Cc1nc(C)c(C(F)F)cc1Br. The van der Waals surface area contributed by atoms with Gasteiger partial charge in [0.2, 0.25) is 0 Å². The molecule has 0 aromatic carbocycles. The molecule has 0 fully saturated rings. The summed E-state index contributed by atoms with van der Waals surface area (Å²) in [6, 6.07) is 1.29. The van der Waals surface area contributed by atoms with E-state index in [4.69, 9.17) is 4.74 Å². The maximum Gasteiger partial charge on any atom is 0.311 e. The smallest absolute Gasteiger partial charge is 0.311 e. The van der Waals surface area contributed by atoms with Gasteiger partial charge in [-0.1, -0.05) is 0 Å². The van der Waals surface area contributed by atoms with E-state index < -0.39 is 12.4 Å². The van der Waals surface area contributed by atoms with Gasteiger partial charge in [0.25, 0.3) is 6.43 Å². The number of esters is 1. The van der Waals surface area contributed by atoms with E-state index in [0.29, 0.717) is 10.2 Å². The van der Waals surface area contributed by atoms with Crippen LogP contribution in [0, 0.1) is 6.92 Å². The first-order valence-corrected chi connectivity index (χ1v) is 5.84. The van der Waals surface area contributed by atoms with Crippen LogP contribution in [0.25, 0.3) is 0 Å². The van der Waals surface area contributed by atoms with Crippen molar-refractivity contribution in [3.05, 3.63) is 27.5 Å². The molecule has 1 aromatic heterocycles. The fourth-order valence-electron chi connectivity index (χ4n) is 1.34. The molecule has 94 valence electrons. The minimum atomic E-state index is -2.57. The highest BCUT2D eigenvalue weighted by atomic mass is 79.9. The van der Waals surface area contributed by atoms with Crippen molar-refractivity contribution in [1.29, 1.82) is 0 Å². The van der Waals surface area contributed by atoms with Crippen LogP contribution in [-0.4, -0.2) is 17.6 Å². The van der Waals surface area contributed by atoms with Crippen molar-refractivity contribution in [3.63, 3.8) is 0 Å². The predicted molar refractivity (Wildman–Crippen MR) is 62.0 cm³/mol. The van der Waals surface area contributed by atoms with Gasteiger partial charge in [0, 0.05) is 15.7 Å². The summed E-state index contributed by atoms with van der Waals surface area (Å²) in [4.78, 5) is 15.3. The number of pyridine rings is 1. The van der Waals surface area contributed by atoms with Crippen LogP contribution < -0.4 is 0 Å². The summed E-state index contributed by atoms with van der Waals surface area (Å²) in [7, 11) is 0. The second kappa shape index (κ2) is 6.05. The number of aryl methyl sites for hydroxylation is 1. The average molecular weight is 308 g/mol. The Kier molecular flexibility index (Phi) is 4.99. The molecule has 0 saturated heterocycles. The molecule has 3 nitrogen and oxygen atoms in total. The number of alkyl halides is 2. The van der Waals surface area contributed by atoms with E-state index >= 15 is 0 Å². The summed E-state index contributed by atoms with van der Waals surface area (Å²) in [5, 5.41) is 0. The number of aromatic nitrogens is 1. The van der Waals surface area contributed by atoms with Gasteiger partial charge in [-0.15, -0.1) is 0 Å². The molecule has 1 aromatic rings. The number of hydrogen-bond acceptors (Lipinski definition) is 3. The quantitative estimate of drug-likeness (QED) is 0.802.